The van der Waals surface area contributed by atoms with E-state index in [1.165, 1.54) is 18.3 Å². The predicted octanol–water partition coefficient (Wildman–Crippen LogP) is 4.67. The van der Waals surface area contributed by atoms with E-state index in [1.54, 1.807) is 13.0 Å². The Morgan fingerprint density at radius 3 is 2.60 bits per heavy atom. The van der Waals surface area contributed by atoms with E-state index in [0.29, 0.717) is 22.8 Å². The van der Waals surface area contributed by atoms with Gasteiger partial charge in [0, 0.05) is 31.9 Å². The second-order valence-electron chi connectivity index (χ2n) is 8.96. The lowest BCUT2D eigenvalue weighted by molar-refractivity contribution is 0.102. The minimum Gasteiger partial charge on any atom is -0.508 e. The second-order valence-corrected chi connectivity index (χ2v) is 8.96. The van der Waals surface area contributed by atoms with Crippen molar-refractivity contribution in [3.05, 3.63) is 65.1 Å². The number of nitrogens with one attached hydrogen (secondary N) is 3. The van der Waals surface area contributed by atoms with Gasteiger partial charge in [-0.1, -0.05) is 13.0 Å². The standard InChI is InChI=1S/C26H31FN6O2/c1-5-33(11-10-32(3)4)15-17-6-7-19-22(13-17)31-26(35)24-20(8-9-28-25(24)30-19)29-21-14-23(34)16(2)12-18(21)27/h6-9,12-14,34H,5,10-11,15H2,1-4H3,(H,31,35)(H2,28,29,30). The number of aromatic nitrogens is 1. The predicted molar refractivity (Wildman–Crippen MR) is 138 cm³/mol. The Hall–Kier alpha value is -3.69. The van der Waals surface area contributed by atoms with Crippen molar-refractivity contribution in [3.8, 4) is 5.75 Å². The molecule has 9 heteroatoms. The molecule has 4 rings (SSSR count). The van der Waals surface area contributed by atoms with Gasteiger partial charge in [0.05, 0.1) is 22.7 Å². The third-order valence-electron chi connectivity index (χ3n) is 6.04. The summed E-state index contributed by atoms with van der Waals surface area (Å²) < 4.78 is 14.5. The fourth-order valence-corrected chi connectivity index (χ4v) is 3.96. The maximum atomic E-state index is 14.5. The smallest absolute Gasteiger partial charge is 0.261 e. The van der Waals surface area contributed by atoms with Crippen molar-refractivity contribution in [1.29, 1.82) is 0 Å². The molecule has 0 spiro atoms. The molecule has 184 valence electrons. The summed E-state index contributed by atoms with van der Waals surface area (Å²) in [6, 6.07) is 10.1. The Labute approximate surface area is 204 Å². The van der Waals surface area contributed by atoms with Gasteiger partial charge in [-0.3, -0.25) is 9.69 Å². The number of likely N-dealkylation sites (N-methyl/N-ethyl adjacent to an activating group) is 2. The van der Waals surface area contributed by atoms with Gasteiger partial charge in [-0.15, -0.1) is 0 Å². The van der Waals surface area contributed by atoms with E-state index in [1.807, 2.05) is 18.2 Å². The summed E-state index contributed by atoms with van der Waals surface area (Å²) in [7, 11) is 4.12. The number of fused-ring (bicyclic) bond motifs is 2. The van der Waals surface area contributed by atoms with Gasteiger partial charge < -0.3 is 26.0 Å². The zero-order valence-corrected chi connectivity index (χ0v) is 20.4. The van der Waals surface area contributed by atoms with Crippen molar-refractivity contribution >= 4 is 34.5 Å². The van der Waals surface area contributed by atoms with Gasteiger partial charge in [0.25, 0.3) is 5.91 Å². The first kappa shape index (κ1) is 24.4. The van der Waals surface area contributed by atoms with Crippen LogP contribution in [-0.2, 0) is 6.54 Å². The summed E-state index contributed by atoms with van der Waals surface area (Å²) in [4.78, 5) is 22.1. The van der Waals surface area contributed by atoms with Crippen LogP contribution in [0.5, 0.6) is 5.75 Å². The Bertz CT molecular complexity index is 1250. The number of halogens is 1. The highest BCUT2D eigenvalue weighted by molar-refractivity contribution is 6.15. The first-order chi connectivity index (χ1) is 16.7. The van der Waals surface area contributed by atoms with Crippen LogP contribution in [0.15, 0.2) is 42.6 Å². The quantitative estimate of drug-likeness (QED) is 0.374. The molecular weight excluding hydrogens is 447 g/mol. The molecule has 0 saturated carbocycles. The third-order valence-corrected chi connectivity index (χ3v) is 6.04. The molecule has 0 fully saturated rings. The van der Waals surface area contributed by atoms with Gasteiger partial charge in [0.1, 0.15) is 22.9 Å². The van der Waals surface area contributed by atoms with Gasteiger partial charge in [-0.25, -0.2) is 9.37 Å². The number of benzene rings is 2. The van der Waals surface area contributed by atoms with Crippen LogP contribution in [0.1, 0.15) is 28.4 Å². The summed E-state index contributed by atoms with van der Waals surface area (Å²) in [6.45, 7) is 7.35. The maximum absolute atomic E-state index is 14.5. The highest BCUT2D eigenvalue weighted by Gasteiger charge is 2.24. The number of amides is 1. The second kappa shape index (κ2) is 10.3. The van der Waals surface area contributed by atoms with Crippen LogP contribution < -0.4 is 16.0 Å². The Kier molecular flexibility index (Phi) is 7.18. The number of carbonyl (C=O) groups excluding carboxylic acids is 1. The molecule has 0 saturated heterocycles. The highest BCUT2D eigenvalue weighted by Crippen LogP contribution is 2.36. The van der Waals surface area contributed by atoms with Crippen molar-refractivity contribution < 1.29 is 14.3 Å². The summed E-state index contributed by atoms with van der Waals surface area (Å²) in [5.74, 6) is -0.577. The topological polar surface area (TPSA) is 92.8 Å². The van der Waals surface area contributed by atoms with Crippen molar-refractivity contribution in [2.24, 2.45) is 0 Å². The molecule has 0 bridgehead atoms. The molecule has 2 heterocycles. The molecule has 4 N–H and O–H groups in total. The van der Waals surface area contributed by atoms with E-state index in [2.05, 4.69) is 51.8 Å². The molecule has 0 atom stereocenters. The van der Waals surface area contributed by atoms with Gasteiger partial charge in [0.2, 0.25) is 0 Å². The number of hydrogen-bond acceptors (Lipinski definition) is 7. The van der Waals surface area contributed by atoms with Crippen LogP contribution in [0.4, 0.5) is 33.0 Å². The lowest BCUT2D eigenvalue weighted by atomic mass is 10.1. The summed E-state index contributed by atoms with van der Waals surface area (Å²) in [6.07, 6.45) is 1.54. The Balaban J connectivity index is 1.60. The zero-order chi connectivity index (χ0) is 25.1. The Morgan fingerprint density at radius 2 is 1.86 bits per heavy atom. The van der Waals surface area contributed by atoms with E-state index in [4.69, 9.17) is 0 Å². The van der Waals surface area contributed by atoms with Crippen LogP contribution >= 0.6 is 0 Å². The number of phenolic OH excluding ortho intramolecular Hbond substituents is 1. The largest absolute Gasteiger partial charge is 0.508 e. The fraction of sp³-hybridized carbons (Fsp3) is 0.308. The number of aryl methyl sites for hydroxylation is 1. The van der Waals surface area contributed by atoms with E-state index >= 15 is 0 Å². The number of hydrogen-bond donors (Lipinski definition) is 4. The molecule has 0 aliphatic carbocycles. The van der Waals surface area contributed by atoms with Crippen LogP contribution in [0.2, 0.25) is 0 Å². The molecule has 1 aliphatic rings. The zero-order valence-electron chi connectivity index (χ0n) is 20.4. The number of aromatic hydroxyl groups is 1. The normalized spacial score (nSPS) is 12.6. The molecule has 2 aromatic carbocycles. The first-order valence-corrected chi connectivity index (χ1v) is 11.6. The maximum Gasteiger partial charge on any atom is 0.261 e. The first-order valence-electron chi connectivity index (χ1n) is 11.6. The molecular formula is C26H31FN6O2. The van der Waals surface area contributed by atoms with E-state index in [-0.39, 0.29) is 22.9 Å². The van der Waals surface area contributed by atoms with Crippen LogP contribution in [0, 0.1) is 12.7 Å². The lowest BCUT2D eigenvalue weighted by Crippen LogP contribution is -2.31. The summed E-state index contributed by atoms with van der Waals surface area (Å²) in [5.41, 5.74) is 3.58. The van der Waals surface area contributed by atoms with Crippen molar-refractivity contribution in [2.45, 2.75) is 20.4 Å². The van der Waals surface area contributed by atoms with Crippen LogP contribution in [-0.4, -0.2) is 59.5 Å². The molecule has 8 nitrogen and oxygen atoms in total. The van der Waals surface area contributed by atoms with Crippen molar-refractivity contribution in [2.75, 3.05) is 49.7 Å². The van der Waals surface area contributed by atoms with Gasteiger partial charge in [0.15, 0.2) is 0 Å². The molecule has 0 radical (unpaired) electrons. The molecule has 1 aromatic heterocycles. The summed E-state index contributed by atoms with van der Waals surface area (Å²) in [5, 5.41) is 19.1. The van der Waals surface area contributed by atoms with E-state index in [0.717, 1.165) is 37.4 Å². The number of nitrogens with zero attached hydrogens (tertiary/aromatic N) is 3. The molecule has 1 amide bonds. The number of carbonyl (C=O) groups is 1. The molecule has 1 aliphatic heterocycles. The average Bonchev–Trinajstić information content (AvgIpc) is 2.95. The number of rotatable bonds is 8. The average molecular weight is 479 g/mol. The molecule has 3 aromatic rings. The van der Waals surface area contributed by atoms with Gasteiger partial charge in [-0.05, 0) is 63.0 Å². The number of phenols is 1. The van der Waals surface area contributed by atoms with Crippen molar-refractivity contribution in [3.63, 3.8) is 0 Å². The molecule has 35 heavy (non-hydrogen) atoms. The number of anilines is 5. The minimum absolute atomic E-state index is 0.0386. The monoisotopic (exact) mass is 478 g/mol. The van der Waals surface area contributed by atoms with Gasteiger partial charge >= 0.3 is 0 Å². The fourth-order valence-electron chi connectivity index (χ4n) is 3.96. The number of pyridine rings is 1. The van der Waals surface area contributed by atoms with E-state index < -0.39 is 5.82 Å². The van der Waals surface area contributed by atoms with Crippen molar-refractivity contribution in [1.82, 2.24) is 14.8 Å². The SMILES string of the molecule is CCN(CCN(C)C)Cc1ccc2c(c1)NC(=O)c1c(Nc3cc(O)c(C)cc3F)ccnc1N2. The van der Waals surface area contributed by atoms with Gasteiger partial charge in [-0.2, -0.15) is 0 Å². The lowest BCUT2D eigenvalue weighted by Gasteiger charge is -2.23. The third kappa shape index (κ3) is 5.52. The highest BCUT2D eigenvalue weighted by atomic mass is 19.1. The minimum atomic E-state index is -0.532. The van der Waals surface area contributed by atoms with Crippen LogP contribution in [0.3, 0.4) is 0 Å². The summed E-state index contributed by atoms with van der Waals surface area (Å²) >= 11 is 0. The molecule has 0 unspecified atom stereocenters. The Morgan fingerprint density at radius 1 is 1.06 bits per heavy atom. The van der Waals surface area contributed by atoms with E-state index in [9.17, 15) is 14.3 Å². The van der Waals surface area contributed by atoms with Crippen LogP contribution in [0.25, 0.3) is 0 Å².